The van der Waals surface area contributed by atoms with Crippen LogP contribution < -0.4 is 11.1 Å². The van der Waals surface area contributed by atoms with Gasteiger partial charge in [-0.15, -0.1) is 0 Å². The molecule has 5 heteroatoms. The first kappa shape index (κ1) is 19.3. The van der Waals surface area contributed by atoms with Gasteiger partial charge in [0.15, 0.2) is 0 Å². The molecule has 1 aromatic rings. The van der Waals surface area contributed by atoms with Gasteiger partial charge in [-0.1, -0.05) is 25.3 Å². The topological polar surface area (TPSA) is 71.2 Å². The van der Waals surface area contributed by atoms with Crippen molar-refractivity contribution in [3.05, 3.63) is 30.1 Å². The number of carbonyl (C=O) groups is 1. The Labute approximate surface area is 157 Å². The van der Waals surface area contributed by atoms with E-state index in [1.54, 1.807) is 0 Å². The zero-order chi connectivity index (χ0) is 18.2. The lowest BCUT2D eigenvalue weighted by Crippen LogP contribution is -2.45. The van der Waals surface area contributed by atoms with Crippen molar-refractivity contribution < 1.29 is 4.79 Å². The van der Waals surface area contributed by atoms with Gasteiger partial charge in [-0.2, -0.15) is 0 Å². The number of nitrogens with one attached hydrogen (secondary N) is 1. The Balaban J connectivity index is 1.75. The number of nitrogens with zero attached hydrogens (tertiary/aromatic N) is 2. The molecule has 1 amide bonds. The third-order valence-electron chi connectivity index (χ3n) is 6.24. The molecule has 1 saturated heterocycles. The van der Waals surface area contributed by atoms with Crippen LogP contribution in [0.2, 0.25) is 0 Å². The van der Waals surface area contributed by atoms with Crippen LogP contribution in [0.25, 0.3) is 0 Å². The summed E-state index contributed by atoms with van der Waals surface area (Å²) in [4.78, 5) is 20.0. The van der Waals surface area contributed by atoms with E-state index >= 15 is 0 Å². The molecule has 0 spiro atoms. The molecule has 0 aromatic carbocycles. The van der Waals surface area contributed by atoms with Gasteiger partial charge in [-0.3, -0.25) is 9.78 Å². The molecule has 5 nitrogen and oxygen atoms in total. The minimum atomic E-state index is 0.0146. The van der Waals surface area contributed by atoms with E-state index in [1.165, 1.54) is 19.3 Å². The first-order chi connectivity index (χ1) is 12.7. The van der Waals surface area contributed by atoms with Gasteiger partial charge >= 0.3 is 0 Å². The van der Waals surface area contributed by atoms with Crippen molar-refractivity contribution in [3.63, 3.8) is 0 Å². The summed E-state index contributed by atoms with van der Waals surface area (Å²) < 4.78 is 0. The Hall–Kier alpha value is -1.46. The summed E-state index contributed by atoms with van der Waals surface area (Å²) in [6.07, 6.45) is 11.5. The molecule has 2 aliphatic rings. The number of nitrogens with two attached hydrogens (primary N) is 1. The summed E-state index contributed by atoms with van der Waals surface area (Å²) in [5.41, 5.74) is 7.14. The largest absolute Gasteiger partial charge is 0.334 e. The first-order valence-electron chi connectivity index (χ1n) is 10.3. The summed E-state index contributed by atoms with van der Waals surface area (Å²) >= 11 is 0. The van der Waals surface area contributed by atoms with Gasteiger partial charge in [0.25, 0.3) is 0 Å². The highest BCUT2D eigenvalue weighted by atomic mass is 16.2. The lowest BCUT2D eigenvalue weighted by molar-refractivity contribution is -0.137. The molecule has 2 fully saturated rings. The molecule has 0 bridgehead atoms. The summed E-state index contributed by atoms with van der Waals surface area (Å²) in [7, 11) is 0. The Morgan fingerprint density at radius 1 is 1.19 bits per heavy atom. The summed E-state index contributed by atoms with van der Waals surface area (Å²) in [5, 5.41) is 3.46. The SMILES string of the molecule is NCC1(CC(=O)N(Cc2ccccn2)C2CCCNCC2)CCCCC1. The van der Waals surface area contributed by atoms with Crippen LogP contribution in [0.4, 0.5) is 0 Å². The Morgan fingerprint density at radius 2 is 2.04 bits per heavy atom. The van der Waals surface area contributed by atoms with E-state index in [0.717, 1.165) is 50.9 Å². The second kappa shape index (κ2) is 9.47. The predicted octanol–water partition coefficient (Wildman–Crippen LogP) is 2.85. The van der Waals surface area contributed by atoms with Crippen molar-refractivity contribution in [2.45, 2.75) is 70.4 Å². The second-order valence-electron chi connectivity index (χ2n) is 8.12. The van der Waals surface area contributed by atoms with E-state index in [4.69, 9.17) is 5.73 Å². The third-order valence-corrected chi connectivity index (χ3v) is 6.24. The lowest BCUT2D eigenvalue weighted by atomic mass is 9.71. The van der Waals surface area contributed by atoms with Crippen molar-refractivity contribution in [2.75, 3.05) is 19.6 Å². The van der Waals surface area contributed by atoms with Gasteiger partial charge in [0.1, 0.15) is 0 Å². The second-order valence-corrected chi connectivity index (χ2v) is 8.12. The lowest BCUT2D eigenvalue weighted by Gasteiger charge is -2.39. The zero-order valence-corrected chi connectivity index (χ0v) is 16.0. The van der Waals surface area contributed by atoms with E-state index in [2.05, 4.69) is 15.2 Å². The van der Waals surface area contributed by atoms with Crippen LogP contribution in [0.1, 0.15) is 63.5 Å². The highest BCUT2D eigenvalue weighted by Crippen LogP contribution is 2.39. The standard InChI is InChI=1S/C21H34N4O/c22-17-21(10-3-1-4-11-21)15-20(26)25(16-18-7-2-5-13-24-18)19-8-6-12-23-14-9-19/h2,5,7,13,19,23H,1,3-4,6,8-12,14-17,22H2. The van der Waals surface area contributed by atoms with Gasteiger partial charge < -0.3 is 16.0 Å². The van der Waals surface area contributed by atoms with Gasteiger partial charge in [-0.05, 0) is 69.3 Å². The fraction of sp³-hybridized carbons (Fsp3) is 0.714. The van der Waals surface area contributed by atoms with Crippen LogP contribution in [0.5, 0.6) is 0 Å². The van der Waals surface area contributed by atoms with Crippen molar-refractivity contribution in [3.8, 4) is 0 Å². The van der Waals surface area contributed by atoms with E-state index in [9.17, 15) is 4.79 Å². The number of aromatic nitrogens is 1. The molecule has 1 unspecified atom stereocenters. The van der Waals surface area contributed by atoms with Gasteiger partial charge in [0.2, 0.25) is 5.91 Å². The van der Waals surface area contributed by atoms with E-state index in [1.807, 2.05) is 24.4 Å². The predicted molar refractivity (Wildman–Crippen MR) is 104 cm³/mol. The monoisotopic (exact) mass is 358 g/mol. The zero-order valence-electron chi connectivity index (χ0n) is 16.0. The average molecular weight is 359 g/mol. The minimum Gasteiger partial charge on any atom is -0.334 e. The highest BCUT2D eigenvalue weighted by molar-refractivity contribution is 5.77. The molecule has 2 heterocycles. The third kappa shape index (κ3) is 5.04. The molecule has 1 aliphatic carbocycles. The van der Waals surface area contributed by atoms with Crippen LogP contribution in [0, 0.1) is 5.41 Å². The average Bonchev–Trinajstić information content (AvgIpc) is 2.97. The summed E-state index contributed by atoms with van der Waals surface area (Å²) in [5.74, 6) is 0.273. The fourth-order valence-corrected chi connectivity index (χ4v) is 4.58. The number of pyridine rings is 1. The molecular formula is C21H34N4O. The van der Waals surface area contributed by atoms with Crippen molar-refractivity contribution in [2.24, 2.45) is 11.1 Å². The molecule has 1 aromatic heterocycles. The maximum Gasteiger partial charge on any atom is 0.223 e. The molecule has 0 radical (unpaired) electrons. The normalized spacial score (nSPS) is 23.2. The van der Waals surface area contributed by atoms with Crippen LogP contribution in [0.15, 0.2) is 24.4 Å². The van der Waals surface area contributed by atoms with Gasteiger partial charge in [-0.25, -0.2) is 0 Å². The van der Waals surface area contributed by atoms with Crippen LogP contribution in [-0.4, -0.2) is 41.5 Å². The number of hydrogen-bond donors (Lipinski definition) is 2. The van der Waals surface area contributed by atoms with Crippen LogP contribution >= 0.6 is 0 Å². The number of amides is 1. The first-order valence-corrected chi connectivity index (χ1v) is 10.3. The molecule has 1 saturated carbocycles. The minimum absolute atomic E-state index is 0.0146. The number of carbonyl (C=O) groups excluding carboxylic acids is 1. The summed E-state index contributed by atoms with van der Waals surface area (Å²) in [6.45, 7) is 3.28. The van der Waals surface area contributed by atoms with Gasteiger partial charge in [0, 0.05) is 18.7 Å². The van der Waals surface area contributed by atoms with Crippen molar-refractivity contribution >= 4 is 5.91 Å². The Morgan fingerprint density at radius 3 is 2.77 bits per heavy atom. The van der Waals surface area contributed by atoms with Crippen LogP contribution in [-0.2, 0) is 11.3 Å². The van der Waals surface area contributed by atoms with Crippen LogP contribution in [0.3, 0.4) is 0 Å². The van der Waals surface area contributed by atoms with E-state index in [0.29, 0.717) is 25.6 Å². The quantitative estimate of drug-likeness (QED) is 0.820. The molecule has 144 valence electrons. The van der Waals surface area contributed by atoms with Gasteiger partial charge in [0.05, 0.1) is 12.2 Å². The van der Waals surface area contributed by atoms with Crippen molar-refractivity contribution in [1.29, 1.82) is 0 Å². The smallest absolute Gasteiger partial charge is 0.223 e. The Kier molecular flexibility index (Phi) is 7.03. The van der Waals surface area contributed by atoms with Crippen molar-refractivity contribution in [1.82, 2.24) is 15.2 Å². The molecule has 3 rings (SSSR count). The highest BCUT2D eigenvalue weighted by Gasteiger charge is 2.36. The maximum atomic E-state index is 13.4. The number of rotatable bonds is 6. The molecule has 1 atom stereocenters. The number of hydrogen-bond acceptors (Lipinski definition) is 4. The Bertz CT molecular complexity index is 548. The van der Waals surface area contributed by atoms with E-state index in [-0.39, 0.29) is 11.3 Å². The molecule has 26 heavy (non-hydrogen) atoms. The molecular weight excluding hydrogens is 324 g/mol. The van der Waals surface area contributed by atoms with E-state index < -0.39 is 0 Å². The maximum absolute atomic E-state index is 13.4. The summed E-state index contributed by atoms with van der Waals surface area (Å²) in [6, 6.07) is 6.26. The molecule has 3 N–H and O–H groups in total. The fourth-order valence-electron chi connectivity index (χ4n) is 4.58. The molecule has 1 aliphatic heterocycles.